The molecular weight excluding hydrogens is 232 g/mol. The summed E-state index contributed by atoms with van der Waals surface area (Å²) in [4.78, 5) is 0. The van der Waals surface area contributed by atoms with Crippen molar-refractivity contribution in [3.63, 3.8) is 0 Å². The predicted octanol–water partition coefficient (Wildman–Crippen LogP) is 4.26. The summed E-state index contributed by atoms with van der Waals surface area (Å²) in [5.74, 6) is 0. The van der Waals surface area contributed by atoms with Crippen molar-refractivity contribution in [2.45, 2.75) is 73.9 Å². The molecule has 0 aliphatic rings. The van der Waals surface area contributed by atoms with E-state index in [2.05, 4.69) is 48.5 Å². The van der Waals surface area contributed by atoms with Gasteiger partial charge in [-0.1, -0.05) is 13.3 Å². The Bertz CT molecular complexity index is 181. The zero-order valence-electron chi connectivity index (χ0n) is 14.8. The molecule has 0 saturated carbocycles. The van der Waals surface area contributed by atoms with Crippen LogP contribution in [0.2, 0.25) is 0 Å². The van der Waals surface area contributed by atoms with E-state index in [1.807, 2.05) is 0 Å². The molecule has 0 bridgehead atoms. The maximum absolute atomic E-state index is 2.39. The van der Waals surface area contributed by atoms with Gasteiger partial charge in [0.05, 0.1) is 45.7 Å². The van der Waals surface area contributed by atoms with E-state index in [1.54, 1.807) is 0 Å². The normalized spacial score (nSPS) is 13.3. The van der Waals surface area contributed by atoms with Gasteiger partial charge in [-0.2, -0.15) is 0 Å². The van der Waals surface area contributed by atoms with E-state index in [0.717, 1.165) is 6.17 Å². The van der Waals surface area contributed by atoms with E-state index in [-0.39, 0.29) is 0 Å². The molecule has 0 atom stereocenters. The van der Waals surface area contributed by atoms with Crippen LogP contribution >= 0.6 is 0 Å². The fourth-order valence-corrected chi connectivity index (χ4v) is 4.06. The zero-order valence-corrected chi connectivity index (χ0v) is 14.8. The highest BCUT2D eigenvalue weighted by Gasteiger charge is 2.45. The summed E-state index contributed by atoms with van der Waals surface area (Å²) in [6.07, 6.45) is 4.89. The fraction of sp³-hybridized carbons (Fsp3) is 1.00. The van der Waals surface area contributed by atoms with Gasteiger partial charge in [-0.3, -0.25) is 8.97 Å². The first-order chi connectivity index (χ1) is 9.06. The summed E-state index contributed by atoms with van der Waals surface area (Å²) in [7, 11) is 0. The lowest BCUT2D eigenvalue weighted by molar-refractivity contribution is -1.13. The molecule has 0 heterocycles. The third-order valence-electron chi connectivity index (χ3n) is 5.86. The lowest BCUT2D eigenvalue weighted by Crippen LogP contribution is -2.70. The summed E-state index contributed by atoms with van der Waals surface area (Å²) < 4.78 is 2.60. The van der Waals surface area contributed by atoms with Crippen molar-refractivity contribution in [3.8, 4) is 0 Å². The van der Waals surface area contributed by atoms with E-state index in [9.17, 15) is 0 Å². The monoisotopic (exact) mass is 272 g/mol. The Morgan fingerprint density at radius 2 is 0.895 bits per heavy atom. The Kier molecular flexibility index (Phi) is 8.93. The number of unbranched alkanes of at least 4 members (excludes halogenated alkanes) is 1. The fourth-order valence-electron chi connectivity index (χ4n) is 4.06. The second-order valence-electron chi connectivity index (χ2n) is 5.96. The molecule has 19 heavy (non-hydrogen) atoms. The minimum Gasteiger partial charge on any atom is -0.275 e. The van der Waals surface area contributed by atoms with Crippen molar-refractivity contribution in [1.82, 2.24) is 0 Å². The van der Waals surface area contributed by atoms with Crippen molar-refractivity contribution < 1.29 is 8.97 Å². The molecule has 0 spiro atoms. The first kappa shape index (κ1) is 18.9. The molecule has 0 aromatic heterocycles. The highest BCUT2D eigenvalue weighted by atomic mass is 15.6. The van der Waals surface area contributed by atoms with Crippen molar-refractivity contribution in [2.75, 3.05) is 39.3 Å². The van der Waals surface area contributed by atoms with Crippen LogP contribution in [0.15, 0.2) is 0 Å². The van der Waals surface area contributed by atoms with Gasteiger partial charge in [0.2, 0.25) is 6.17 Å². The predicted molar refractivity (Wildman–Crippen MR) is 87.1 cm³/mol. The van der Waals surface area contributed by atoms with Crippen LogP contribution in [0.25, 0.3) is 0 Å². The lowest BCUT2D eigenvalue weighted by Gasteiger charge is -2.52. The third kappa shape index (κ3) is 3.95. The maximum atomic E-state index is 2.39. The molecule has 0 rings (SSSR count). The second-order valence-corrected chi connectivity index (χ2v) is 5.96. The molecule has 2 heteroatoms. The average molecular weight is 273 g/mol. The molecule has 0 amide bonds. The van der Waals surface area contributed by atoms with E-state index < -0.39 is 0 Å². The summed E-state index contributed by atoms with van der Waals surface area (Å²) in [5.41, 5.74) is 0. The Morgan fingerprint density at radius 3 is 1.11 bits per heavy atom. The van der Waals surface area contributed by atoms with Crippen LogP contribution in [-0.4, -0.2) is 54.4 Å². The molecule has 0 aliphatic heterocycles. The zero-order chi connectivity index (χ0) is 14.9. The molecule has 0 N–H and O–H groups in total. The molecule has 116 valence electrons. The maximum Gasteiger partial charge on any atom is 0.216 e. The van der Waals surface area contributed by atoms with Gasteiger partial charge in [0.1, 0.15) is 0 Å². The first-order valence-corrected chi connectivity index (χ1v) is 8.77. The van der Waals surface area contributed by atoms with Crippen LogP contribution in [0.5, 0.6) is 0 Å². The third-order valence-corrected chi connectivity index (χ3v) is 5.86. The molecule has 0 saturated heterocycles. The van der Waals surface area contributed by atoms with Gasteiger partial charge in [-0.05, 0) is 48.0 Å². The molecule has 0 radical (unpaired) electrons. The van der Waals surface area contributed by atoms with E-state index in [4.69, 9.17) is 0 Å². The van der Waals surface area contributed by atoms with Crippen molar-refractivity contribution >= 4 is 0 Å². The Hall–Kier alpha value is -0.0800. The number of hydrogen-bond donors (Lipinski definition) is 0. The molecule has 0 fully saturated rings. The largest absolute Gasteiger partial charge is 0.275 e. The summed E-state index contributed by atoms with van der Waals surface area (Å²) in [5, 5.41) is 0. The van der Waals surface area contributed by atoms with Gasteiger partial charge in [-0.15, -0.1) is 0 Å². The van der Waals surface area contributed by atoms with Crippen molar-refractivity contribution in [3.05, 3.63) is 0 Å². The quantitative estimate of drug-likeness (QED) is 0.389. The van der Waals surface area contributed by atoms with E-state index in [1.165, 1.54) is 67.5 Å². The van der Waals surface area contributed by atoms with Crippen LogP contribution in [0, 0.1) is 0 Å². The topological polar surface area (TPSA) is 0 Å². The average Bonchev–Trinajstić information content (AvgIpc) is 2.48. The van der Waals surface area contributed by atoms with Gasteiger partial charge in [0.15, 0.2) is 0 Å². The van der Waals surface area contributed by atoms with Crippen LogP contribution in [-0.2, 0) is 0 Å². The molecule has 0 unspecified atom stereocenters. The molecule has 2 nitrogen and oxygen atoms in total. The standard InChI is InChI=1S/C17H40N2/c1-8-15-16-17(18(9-2,10-3)11-4)19(12-5,13-6)14-7/h17H,8-16H2,1-7H3/q+2. The summed E-state index contributed by atoms with van der Waals surface area (Å²) in [6, 6.07) is 0. The second kappa shape index (κ2) is 8.97. The van der Waals surface area contributed by atoms with Crippen LogP contribution in [0.1, 0.15) is 67.7 Å². The van der Waals surface area contributed by atoms with E-state index in [0.29, 0.717) is 0 Å². The van der Waals surface area contributed by atoms with Crippen molar-refractivity contribution in [2.24, 2.45) is 0 Å². The number of nitrogens with zero attached hydrogens (tertiary/aromatic N) is 2. The minimum absolute atomic E-state index is 0.792. The van der Waals surface area contributed by atoms with Crippen molar-refractivity contribution in [1.29, 1.82) is 0 Å². The SMILES string of the molecule is CCCCC([N+](CC)(CC)CC)[N+](CC)(CC)CC. The smallest absolute Gasteiger partial charge is 0.216 e. The molecular formula is C17H40N2+2. The van der Waals surface area contributed by atoms with Gasteiger partial charge < -0.3 is 0 Å². The summed E-state index contributed by atoms with van der Waals surface area (Å²) in [6.45, 7) is 24.3. The first-order valence-electron chi connectivity index (χ1n) is 8.77. The van der Waals surface area contributed by atoms with E-state index >= 15 is 0 Å². The minimum atomic E-state index is 0.792. The molecule has 0 aromatic rings. The lowest BCUT2D eigenvalue weighted by atomic mass is 10.1. The summed E-state index contributed by atoms with van der Waals surface area (Å²) >= 11 is 0. The van der Waals surface area contributed by atoms with Gasteiger partial charge >= 0.3 is 0 Å². The molecule has 0 aromatic carbocycles. The van der Waals surface area contributed by atoms with Crippen LogP contribution < -0.4 is 0 Å². The Labute approximate surface area is 123 Å². The highest BCUT2D eigenvalue weighted by molar-refractivity contribution is 4.54. The number of quaternary nitrogens is 2. The van der Waals surface area contributed by atoms with Gasteiger partial charge in [0.25, 0.3) is 0 Å². The van der Waals surface area contributed by atoms with Gasteiger partial charge in [0, 0.05) is 0 Å². The highest BCUT2D eigenvalue weighted by Crippen LogP contribution is 2.28. The Balaban J connectivity index is 5.49. The van der Waals surface area contributed by atoms with Gasteiger partial charge in [-0.25, -0.2) is 0 Å². The Morgan fingerprint density at radius 1 is 0.579 bits per heavy atom. The molecule has 0 aliphatic carbocycles. The number of rotatable bonds is 11. The number of hydrogen-bond acceptors (Lipinski definition) is 0. The van der Waals surface area contributed by atoms with Crippen LogP contribution in [0.3, 0.4) is 0 Å². The van der Waals surface area contributed by atoms with Crippen LogP contribution in [0.4, 0.5) is 0 Å².